The van der Waals surface area contributed by atoms with Crippen LogP contribution in [0.2, 0.25) is 0 Å². The molecule has 5 rings (SSSR count). The number of H-pyrrole nitrogens is 1. The van der Waals surface area contributed by atoms with Crippen LogP contribution in [0.4, 0.5) is 5.82 Å². The van der Waals surface area contributed by atoms with Crippen molar-refractivity contribution in [1.82, 2.24) is 19.9 Å². The SMILES string of the molecule is CN=S(C)(=O)C1(c2cc(N3CCOC[C@H]3C)nc(-c3ccnc4[nH]ccc34)n2)CC1. The number of anilines is 1. The van der Waals surface area contributed by atoms with Crippen LogP contribution in [0, 0.1) is 0 Å². The molecule has 0 spiro atoms. The highest BCUT2D eigenvalue weighted by Gasteiger charge is 2.53. The van der Waals surface area contributed by atoms with Crippen molar-refractivity contribution in [3.8, 4) is 11.4 Å². The van der Waals surface area contributed by atoms with Crippen molar-refractivity contribution in [1.29, 1.82) is 0 Å². The van der Waals surface area contributed by atoms with Crippen molar-refractivity contribution in [3.63, 3.8) is 0 Å². The molecule has 8 nitrogen and oxygen atoms in total. The van der Waals surface area contributed by atoms with Crippen LogP contribution in [0.15, 0.2) is 35.0 Å². The van der Waals surface area contributed by atoms with E-state index in [4.69, 9.17) is 14.7 Å². The predicted molar refractivity (Wildman–Crippen MR) is 118 cm³/mol. The van der Waals surface area contributed by atoms with Gasteiger partial charge in [-0.1, -0.05) is 0 Å². The van der Waals surface area contributed by atoms with E-state index in [-0.39, 0.29) is 6.04 Å². The topological polar surface area (TPSA) is 96.4 Å². The van der Waals surface area contributed by atoms with Gasteiger partial charge in [0.1, 0.15) is 11.5 Å². The summed E-state index contributed by atoms with van der Waals surface area (Å²) >= 11 is 0. The van der Waals surface area contributed by atoms with Crippen molar-refractivity contribution in [2.75, 3.05) is 38.0 Å². The van der Waals surface area contributed by atoms with Gasteiger partial charge in [0, 0.05) is 49.3 Å². The molecule has 1 saturated heterocycles. The van der Waals surface area contributed by atoms with Crippen molar-refractivity contribution in [3.05, 3.63) is 36.3 Å². The average Bonchev–Trinajstić information content (AvgIpc) is 3.45. The Balaban J connectivity index is 1.72. The molecule has 1 saturated carbocycles. The molecule has 9 heteroatoms. The van der Waals surface area contributed by atoms with Gasteiger partial charge >= 0.3 is 0 Å². The maximum absolute atomic E-state index is 13.3. The van der Waals surface area contributed by atoms with E-state index < -0.39 is 14.5 Å². The van der Waals surface area contributed by atoms with Gasteiger partial charge in [-0.2, -0.15) is 0 Å². The van der Waals surface area contributed by atoms with E-state index in [1.807, 2.05) is 24.4 Å². The lowest BCUT2D eigenvalue weighted by Crippen LogP contribution is -2.44. The number of ether oxygens (including phenoxy) is 1. The molecule has 0 radical (unpaired) electrons. The monoisotopic (exact) mass is 426 g/mol. The summed E-state index contributed by atoms with van der Waals surface area (Å²) in [5, 5.41) is 0.970. The first kappa shape index (κ1) is 19.4. The molecule has 2 atom stereocenters. The number of fused-ring (bicyclic) bond motifs is 1. The lowest BCUT2D eigenvalue weighted by Gasteiger charge is -2.35. The standard InChI is InChI=1S/C21H26N6O2S/c1-14-13-29-11-10-27(14)18-12-17(21(6-7-21)30(3,28)22-2)25-20(26-18)16-5-9-24-19-15(16)4-8-23-19/h4-5,8-9,12,14H,6-7,10-11,13H2,1-3H3,(H,23,24)/t14-,30?/m1/s1. The van der Waals surface area contributed by atoms with E-state index in [2.05, 4.69) is 26.2 Å². The first-order valence-electron chi connectivity index (χ1n) is 10.2. The number of morpholine rings is 1. The normalized spacial score (nSPS) is 22.6. The van der Waals surface area contributed by atoms with E-state index in [0.29, 0.717) is 19.0 Å². The van der Waals surface area contributed by atoms with Gasteiger partial charge in [-0.15, -0.1) is 0 Å². The average molecular weight is 427 g/mol. The molecule has 0 amide bonds. The minimum absolute atomic E-state index is 0.205. The molecule has 0 bridgehead atoms. The fourth-order valence-electron chi connectivity index (χ4n) is 4.28. The summed E-state index contributed by atoms with van der Waals surface area (Å²) in [6.45, 7) is 4.22. The fourth-order valence-corrected chi connectivity index (χ4v) is 5.98. The molecule has 1 N–H and O–H groups in total. The zero-order chi connectivity index (χ0) is 20.9. The first-order chi connectivity index (χ1) is 14.4. The minimum Gasteiger partial charge on any atom is -0.377 e. The minimum atomic E-state index is -2.41. The highest BCUT2D eigenvalue weighted by atomic mass is 32.2. The summed E-state index contributed by atoms with van der Waals surface area (Å²) in [7, 11) is -0.768. The molecule has 158 valence electrons. The van der Waals surface area contributed by atoms with E-state index in [9.17, 15) is 4.21 Å². The van der Waals surface area contributed by atoms with Crippen LogP contribution >= 0.6 is 0 Å². The third kappa shape index (κ3) is 2.99. The number of nitrogens with zero attached hydrogens (tertiary/aromatic N) is 5. The third-order valence-electron chi connectivity index (χ3n) is 6.32. The lowest BCUT2D eigenvalue weighted by atomic mass is 10.1. The Morgan fingerprint density at radius 1 is 1.33 bits per heavy atom. The van der Waals surface area contributed by atoms with Crippen LogP contribution in [0.1, 0.15) is 25.5 Å². The summed E-state index contributed by atoms with van der Waals surface area (Å²) in [5.41, 5.74) is 2.53. The second kappa shape index (κ2) is 7.02. The molecule has 0 aromatic carbocycles. The molecule has 1 aliphatic carbocycles. The van der Waals surface area contributed by atoms with E-state index in [1.165, 1.54) is 0 Å². The van der Waals surface area contributed by atoms with Crippen LogP contribution in [0.25, 0.3) is 22.4 Å². The number of hydrogen-bond donors (Lipinski definition) is 1. The fraction of sp³-hybridized carbons (Fsp3) is 0.476. The van der Waals surface area contributed by atoms with Gasteiger partial charge in [0.15, 0.2) is 5.82 Å². The van der Waals surface area contributed by atoms with Crippen LogP contribution < -0.4 is 4.90 Å². The van der Waals surface area contributed by atoms with Gasteiger partial charge < -0.3 is 14.6 Å². The maximum Gasteiger partial charge on any atom is 0.162 e. The Morgan fingerprint density at radius 2 is 2.17 bits per heavy atom. The van der Waals surface area contributed by atoms with Crippen molar-refractivity contribution >= 4 is 26.6 Å². The molecular weight excluding hydrogens is 400 g/mol. The number of rotatable bonds is 4. The van der Waals surface area contributed by atoms with E-state index >= 15 is 0 Å². The van der Waals surface area contributed by atoms with Gasteiger partial charge in [-0.05, 0) is 31.9 Å². The summed E-state index contributed by atoms with van der Waals surface area (Å²) in [5.74, 6) is 1.48. The molecule has 1 unspecified atom stereocenters. The van der Waals surface area contributed by atoms with Crippen LogP contribution in [0.5, 0.6) is 0 Å². The Morgan fingerprint density at radius 3 is 2.90 bits per heavy atom. The van der Waals surface area contributed by atoms with Crippen molar-refractivity contribution in [2.45, 2.75) is 30.6 Å². The largest absolute Gasteiger partial charge is 0.377 e. The quantitative estimate of drug-likeness (QED) is 0.689. The summed E-state index contributed by atoms with van der Waals surface area (Å²) in [6, 6.07) is 6.15. The van der Waals surface area contributed by atoms with Gasteiger partial charge in [0.05, 0.1) is 39.4 Å². The Kier molecular flexibility index (Phi) is 4.55. The van der Waals surface area contributed by atoms with Gasteiger partial charge in [-0.3, -0.25) is 0 Å². The van der Waals surface area contributed by atoms with Gasteiger partial charge in [-0.25, -0.2) is 23.5 Å². The molecular formula is C21H26N6O2S. The zero-order valence-corrected chi connectivity index (χ0v) is 18.3. The van der Waals surface area contributed by atoms with E-state index in [0.717, 1.165) is 47.5 Å². The van der Waals surface area contributed by atoms with Crippen LogP contribution in [0.3, 0.4) is 0 Å². The molecule has 4 heterocycles. The highest BCUT2D eigenvalue weighted by molar-refractivity contribution is 7.94. The van der Waals surface area contributed by atoms with Crippen molar-refractivity contribution < 1.29 is 8.95 Å². The number of hydrogen-bond acceptors (Lipinski definition) is 7. The third-order valence-corrected chi connectivity index (χ3v) is 9.08. The number of aromatic amines is 1. The summed E-state index contributed by atoms with van der Waals surface area (Å²) in [4.78, 5) is 19.7. The molecule has 2 aliphatic rings. The number of pyridine rings is 1. The molecule has 1 aliphatic heterocycles. The number of nitrogens with one attached hydrogen (secondary N) is 1. The second-order valence-corrected chi connectivity index (χ2v) is 10.9. The molecule has 2 fully saturated rings. The maximum atomic E-state index is 13.3. The molecule has 3 aromatic heterocycles. The predicted octanol–water partition coefficient (Wildman–Crippen LogP) is 2.96. The summed E-state index contributed by atoms with van der Waals surface area (Å²) in [6.07, 6.45) is 7.02. The second-order valence-electron chi connectivity index (χ2n) is 8.13. The van der Waals surface area contributed by atoms with Gasteiger partial charge in [0.25, 0.3) is 0 Å². The van der Waals surface area contributed by atoms with Crippen molar-refractivity contribution in [2.24, 2.45) is 4.36 Å². The Hall–Kier alpha value is -2.52. The highest BCUT2D eigenvalue weighted by Crippen LogP contribution is 2.53. The number of aromatic nitrogens is 4. The Bertz CT molecular complexity index is 1230. The molecule has 3 aromatic rings. The molecule has 30 heavy (non-hydrogen) atoms. The smallest absolute Gasteiger partial charge is 0.162 e. The summed E-state index contributed by atoms with van der Waals surface area (Å²) < 4.78 is 22.7. The van der Waals surface area contributed by atoms with E-state index in [1.54, 1.807) is 19.5 Å². The van der Waals surface area contributed by atoms with Crippen LogP contribution in [-0.4, -0.2) is 63.2 Å². The zero-order valence-electron chi connectivity index (χ0n) is 17.5. The first-order valence-corrected chi connectivity index (χ1v) is 12.1. The van der Waals surface area contributed by atoms with Crippen LogP contribution in [-0.2, 0) is 19.2 Å². The van der Waals surface area contributed by atoms with Gasteiger partial charge in [0.2, 0.25) is 0 Å². The lowest BCUT2D eigenvalue weighted by molar-refractivity contribution is 0.0985. The Labute approximate surface area is 176 Å².